The van der Waals surface area contributed by atoms with Crippen molar-refractivity contribution in [1.82, 2.24) is 4.57 Å². The van der Waals surface area contributed by atoms with Crippen LogP contribution in [-0.4, -0.2) is 18.9 Å². The molecule has 2 rings (SSSR count). The maximum atomic E-state index is 13.3. The third kappa shape index (κ3) is 3.47. The first-order valence-corrected chi connectivity index (χ1v) is 8.76. The molecule has 0 aliphatic heterocycles. The van der Waals surface area contributed by atoms with Crippen LogP contribution in [0.4, 0.5) is 14.5 Å². The second-order valence-electron chi connectivity index (χ2n) is 4.32. The number of benzene rings is 1. The van der Waals surface area contributed by atoms with Gasteiger partial charge in [-0.05, 0) is 28.1 Å². The summed E-state index contributed by atoms with van der Waals surface area (Å²) in [5.74, 6) is -2.92. The summed E-state index contributed by atoms with van der Waals surface area (Å²) in [6.45, 7) is 0. The van der Waals surface area contributed by atoms with E-state index in [1.54, 1.807) is 0 Å². The number of hydrogen-bond acceptors (Lipinski definition) is 3. The van der Waals surface area contributed by atoms with Crippen molar-refractivity contribution in [3.8, 4) is 0 Å². The monoisotopic (exact) mass is 412 g/mol. The van der Waals surface area contributed by atoms with Crippen LogP contribution in [0.25, 0.3) is 0 Å². The molecule has 0 aliphatic rings. The minimum absolute atomic E-state index is 0.00672. The number of anilines is 1. The zero-order chi connectivity index (χ0) is 16.7. The topological polar surface area (TPSA) is 68.2 Å². The molecule has 0 aliphatic carbocycles. The van der Waals surface area contributed by atoms with Gasteiger partial charge >= 0.3 is 0 Å². The lowest BCUT2D eigenvalue weighted by atomic mass is 10.3. The Bertz CT molecular complexity index is 844. The van der Waals surface area contributed by atoms with E-state index >= 15 is 0 Å². The van der Waals surface area contributed by atoms with E-state index in [2.05, 4.69) is 21.2 Å². The summed E-state index contributed by atoms with van der Waals surface area (Å²) in [5, 5.41) is 2.34. The summed E-state index contributed by atoms with van der Waals surface area (Å²) in [5.41, 5.74) is -0.00710. The van der Waals surface area contributed by atoms with Crippen molar-refractivity contribution >= 4 is 47.3 Å². The molecule has 0 unspecified atom stereocenters. The molecule has 1 aromatic carbocycles. The molecule has 1 aromatic heterocycles. The van der Waals surface area contributed by atoms with Crippen molar-refractivity contribution in [3.05, 3.63) is 46.2 Å². The molecule has 0 spiro atoms. The molecule has 1 heterocycles. The highest BCUT2D eigenvalue weighted by atomic mass is 79.9. The molecule has 0 radical (unpaired) electrons. The van der Waals surface area contributed by atoms with Crippen LogP contribution in [0.5, 0.6) is 0 Å². The average Bonchev–Trinajstić information content (AvgIpc) is 2.78. The number of nitrogens with one attached hydrogen (secondary N) is 1. The van der Waals surface area contributed by atoms with Gasteiger partial charge in [0.2, 0.25) is 0 Å². The number of carbonyl (C=O) groups is 1. The first-order chi connectivity index (χ1) is 10.1. The molecular weight excluding hydrogens is 406 g/mol. The maximum absolute atomic E-state index is 13.3. The molecule has 1 N–H and O–H groups in total. The number of nitrogens with zero attached hydrogens (tertiary/aromatic N) is 1. The fraction of sp³-hybridized carbons (Fsp3) is 0.0833. The number of carbonyl (C=O) groups excluding carboxylic acids is 1. The SMILES string of the molecule is Cn1cc(S(=O)(=O)Cl)cc1C(=O)Nc1cc(F)c(F)c(Br)c1. The third-order valence-electron chi connectivity index (χ3n) is 2.74. The van der Waals surface area contributed by atoms with Crippen LogP contribution in [0, 0.1) is 11.6 Å². The van der Waals surface area contributed by atoms with Gasteiger partial charge in [-0.25, -0.2) is 17.2 Å². The van der Waals surface area contributed by atoms with Gasteiger partial charge in [-0.15, -0.1) is 0 Å². The third-order valence-corrected chi connectivity index (χ3v) is 4.63. The largest absolute Gasteiger partial charge is 0.345 e. The van der Waals surface area contributed by atoms with Gasteiger partial charge in [-0.3, -0.25) is 4.79 Å². The van der Waals surface area contributed by atoms with E-state index in [-0.39, 0.29) is 20.7 Å². The number of rotatable bonds is 3. The smallest absolute Gasteiger partial charge is 0.272 e. The minimum Gasteiger partial charge on any atom is -0.345 e. The van der Waals surface area contributed by atoms with Gasteiger partial charge in [-0.1, -0.05) is 0 Å². The van der Waals surface area contributed by atoms with Crippen molar-refractivity contribution in [2.24, 2.45) is 7.05 Å². The number of aryl methyl sites for hydroxylation is 1. The lowest BCUT2D eigenvalue weighted by molar-refractivity contribution is 0.101. The van der Waals surface area contributed by atoms with E-state index in [1.165, 1.54) is 23.9 Å². The average molecular weight is 414 g/mol. The number of halogens is 4. The first kappa shape index (κ1) is 16.9. The van der Waals surface area contributed by atoms with Crippen LogP contribution in [0.15, 0.2) is 33.8 Å². The van der Waals surface area contributed by atoms with Crippen LogP contribution in [0.3, 0.4) is 0 Å². The molecule has 0 saturated carbocycles. The molecular formula is C12H8BrClF2N2O3S. The molecule has 0 atom stereocenters. The fourth-order valence-corrected chi connectivity index (χ4v) is 2.94. The second kappa shape index (κ2) is 5.98. The van der Waals surface area contributed by atoms with E-state index in [0.717, 1.165) is 12.1 Å². The zero-order valence-corrected chi connectivity index (χ0v) is 14.1. The lowest BCUT2D eigenvalue weighted by Gasteiger charge is -2.07. The van der Waals surface area contributed by atoms with Crippen molar-refractivity contribution in [2.75, 3.05) is 5.32 Å². The van der Waals surface area contributed by atoms with Gasteiger partial charge in [-0.2, -0.15) is 0 Å². The van der Waals surface area contributed by atoms with E-state index in [4.69, 9.17) is 10.7 Å². The molecule has 10 heteroatoms. The predicted octanol–water partition coefficient (Wildman–Crippen LogP) is 3.25. The van der Waals surface area contributed by atoms with Crippen LogP contribution < -0.4 is 5.32 Å². The Hall–Kier alpha value is -1.45. The number of hydrogen-bond donors (Lipinski definition) is 1. The van der Waals surface area contributed by atoms with Crippen LogP contribution in [0.1, 0.15) is 10.5 Å². The summed E-state index contributed by atoms with van der Waals surface area (Å²) in [7, 11) is 2.67. The summed E-state index contributed by atoms with van der Waals surface area (Å²) < 4.78 is 50.0. The highest BCUT2D eigenvalue weighted by Crippen LogP contribution is 2.24. The standard InChI is InChI=1S/C12H8BrClF2N2O3S/c1-18-5-7(22(14,20)21)4-10(18)12(19)17-6-2-8(13)11(16)9(15)3-6/h2-5H,1H3,(H,17,19). The molecule has 0 bridgehead atoms. The van der Waals surface area contributed by atoms with Crippen LogP contribution in [-0.2, 0) is 16.1 Å². The lowest BCUT2D eigenvalue weighted by Crippen LogP contribution is -2.15. The van der Waals surface area contributed by atoms with Gasteiger partial charge in [0.15, 0.2) is 11.6 Å². The van der Waals surface area contributed by atoms with Gasteiger partial charge < -0.3 is 9.88 Å². The zero-order valence-electron chi connectivity index (χ0n) is 10.9. The Balaban J connectivity index is 2.32. The summed E-state index contributed by atoms with van der Waals surface area (Å²) in [6.07, 6.45) is 1.17. The Kier molecular flexibility index (Phi) is 4.59. The van der Waals surface area contributed by atoms with E-state index in [0.29, 0.717) is 0 Å². The van der Waals surface area contributed by atoms with Gasteiger partial charge in [0.25, 0.3) is 15.0 Å². The van der Waals surface area contributed by atoms with E-state index in [9.17, 15) is 22.0 Å². The minimum atomic E-state index is -3.98. The van der Waals surface area contributed by atoms with Gasteiger partial charge in [0, 0.05) is 35.7 Å². The van der Waals surface area contributed by atoms with Crippen molar-refractivity contribution in [1.29, 1.82) is 0 Å². The van der Waals surface area contributed by atoms with Crippen molar-refractivity contribution in [2.45, 2.75) is 4.90 Å². The quantitative estimate of drug-likeness (QED) is 0.620. The molecule has 5 nitrogen and oxygen atoms in total. The Labute approximate surface area is 137 Å². The molecule has 0 fully saturated rings. The number of amides is 1. The summed E-state index contributed by atoms with van der Waals surface area (Å²) in [4.78, 5) is 11.8. The van der Waals surface area contributed by atoms with E-state index in [1.807, 2.05) is 0 Å². The molecule has 22 heavy (non-hydrogen) atoms. The molecule has 1 amide bonds. The molecule has 2 aromatic rings. The maximum Gasteiger partial charge on any atom is 0.272 e. The Morgan fingerprint density at radius 3 is 2.45 bits per heavy atom. The highest BCUT2D eigenvalue weighted by molar-refractivity contribution is 9.10. The van der Waals surface area contributed by atoms with Crippen LogP contribution in [0.2, 0.25) is 0 Å². The Morgan fingerprint density at radius 1 is 1.32 bits per heavy atom. The van der Waals surface area contributed by atoms with Gasteiger partial charge in [0.1, 0.15) is 10.6 Å². The summed E-state index contributed by atoms with van der Waals surface area (Å²) in [6, 6.07) is 3.06. The highest BCUT2D eigenvalue weighted by Gasteiger charge is 2.19. The molecule has 0 saturated heterocycles. The van der Waals surface area contributed by atoms with Gasteiger partial charge in [0.05, 0.1) is 4.47 Å². The number of aromatic nitrogens is 1. The fourth-order valence-electron chi connectivity index (χ4n) is 1.72. The normalized spacial score (nSPS) is 11.5. The van der Waals surface area contributed by atoms with E-state index < -0.39 is 26.6 Å². The predicted molar refractivity (Wildman–Crippen MR) is 80.5 cm³/mol. The first-order valence-electron chi connectivity index (χ1n) is 5.66. The summed E-state index contributed by atoms with van der Waals surface area (Å²) >= 11 is 2.82. The van der Waals surface area contributed by atoms with Crippen LogP contribution >= 0.6 is 26.6 Å². The second-order valence-corrected chi connectivity index (χ2v) is 7.74. The molecule has 118 valence electrons. The van der Waals surface area contributed by atoms with Crippen molar-refractivity contribution in [3.63, 3.8) is 0 Å². The van der Waals surface area contributed by atoms with Crippen molar-refractivity contribution < 1.29 is 22.0 Å². The Morgan fingerprint density at radius 2 is 1.95 bits per heavy atom.